The van der Waals surface area contributed by atoms with Gasteiger partial charge in [-0.1, -0.05) is 18.2 Å². The second-order valence-electron chi connectivity index (χ2n) is 7.72. The highest BCUT2D eigenvalue weighted by Gasteiger charge is 2.18. The quantitative estimate of drug-likeness (QED) is 0.621. The third-order valence-corrected chi connectivity index (χ3v) is 5.67. The fourth-order valence-electron chi connectivity index (χ4n) is 4.08. The van der Waals surface area contributed by atoms with Gasteiger partial charge in [-0.3, -0.25) is 9.59 Å². The molecule has 1 saturated heterocycles. The van der Waals surface area contributed by atoms with E-state index in [0.717, 1.165) is 53.7 Å². The number of hydrogen-bond acceptors (Lipinski definition) is 2. The molecule has 0 unspecified atom stereocenters. The molecule has 6 heteroatoms. The van der Waals surface area contributed by atoms with E-state index in [9.17, 15) is 14.0 Å². The number of nitrogens with one attached hydrogen (secondary N) is 2. The maximum Gasteiger partial charge on any atom is 0.224 e. The normalized spacial score (nSPS) is 13.7. The Morgan fingerprint density at radius 3 is 2.50 bits per heavy atom. The van der Waals surface area contributed by atoms with Crippen molar-refractivity contribution < 1.29 is 14.0 Å². The van der Waals surface area contributed by atoms with Crippen LogP contribution in [0.1, 0.15) is 31.2 Å². The number of aromatic nitrogens is 1. The number of para-hydroxylation sites is 1. The number of hydrogen-bond donors (Lipinski definition) is 2. The van der Waals surface area contributed by atoms with E-state index in [1.165, 1.54) is 12.1 Å². The highest BCUT2D eigenvalue weighted by atomic mass is 19.1. The van der Waals surface area contributed by atoms with Crippen molar-refractivity contribution in [2.24, 2.45) is 0 Å². The predicted molar refractivity (Wildman–Crippen MR) is 115 cm³/mol. The van der Waals surface area contributed by atoms with Crippen LogP contribution in [-0.4, -0.2) is 41.3 Å². The van der Waals surface area contributed by atoms with Crippen molar-refractivity contribution in [1.29, 1.82) is 0 Å². The molecule has 1 aliphatic rings. The Morgan fingerprint density at radius 1 is 1.00 bits per heavy atom. The molecule has 1 aromatic heterocycles. The van der Waals surface area contributed by atoms with Crippen LogP contribution >= 0.6 is 0 Å². The van der Waals surface area contributed by atoms with Crippen LogP contribution in [0, 0.1) is 5.82 Å². The summed E-state index contributed by atoms with van der Waals surface area (Å²) in [7, 11) is 0. The predicted octanol–water partition coefficient (Wildman–Crippen LogP) is 4.04. The zero-order valence-corrected chi connectivity index (χ0v) is 16.9. The number of nitrogens with zero attached hydrogens (tertiary/aromatic N) is 1. The number of amides is 2. The Bertz CT molecular complexity index is 1040. The Labute approximate surface area is 175 Å². The van der Waals surface area contributed by atoms with Crippen LogP contribution in [0.25, 0.3) is 22.2 Å². The fourth-order valence-corrected chi connectivity index (χ4v) is 4.08. The lowest BCUT2D eigenvalue weighted by Crippen LogP contribution is -2.32. The molecule has 2 heterocycles. The van der Waals surface area contributed by atoms with Gasteiger partial charge in [-0.25, -0.2) is 4.39 Å². The number of aryl methyl sites for hydroxylation is 1. The lowest BCUT2D eigenvalue weighted by atomic mass is 10.0. The first kappa shape index (κ1) is 20.1. The minimum Gasteiger partial charge on any atom is -0.356 e. The van der Waals surface area contributed by atoms with Crippen molar-refractivity contribution in [2.45, 2.75) is 32.1 Å². The van der Waals surface area contributed by atoms with Crippen LogP contribution in [0.4, 0.5) is 4.39 Å². The summed E-state index contributed by atoms with van der Waals surface area (Å²) < 4.78 is 13.3. The van der Waals surface area contributed by atoms with Gasteiger partial charge in [0.1, 0.15) is 5.82 Å². The number of benzene rings is 2. The summed E-state index contributed by atoms with van der Waals surface area (Å²) in [5, 5.41) is 3.93. The average Bonchev–Trinajstić information content (AvgIpc) is 3.41. The monoisotopic (exact) mass is 407 g/mol. The second kappa shape index (κ2) is 9.11. The Kier molecular flexibility index (Phi) is 6.12. The molecule has 0 spiro atoms. The first-order chi connectivity index (χ1) is 14.6. The number of fused-ring (bicyclic) bond motifs is 1. The number of H-pyrrole nitrogens is 1. The standard InChI is InChI=1S/C24H26FN3O2/c25-18-9-7-17(8-10-18)24-20(19-5-1-2-6-21(19)27-24)11-12-22(29)26-14-13-23(30)28-15-3-4-16-28/h1-2,5-10,27H,3-4,11-16H2,(H,26,29). The van der Waals surface area contributed by atoms with Gasteiger partial charge in [-0.2, -0.15) is 0 Å². The lowest BCUT2D eigenvalue weighted by Gasteiger charge is -2.15. The molecule has 5 nitrogen and oxygen atoms in total. The molecule has 30 heavy (non-hydrogen) atoms. The van der Waals surface area contributed by atoms with Crippen molar-refractivity contribution in [3.8, 4) is 11.3 Å². The molecular formula is C24H26FN3O2. The van der Waals surface area contributed by atoms with Gasteiger partial charge in [0.15, 0.2) is 0 Å². The summed E-state index contributed by atoms with van der Waals surface area (Å²) >= 11 is 0. The number of likely N-dealkylation sites (tertiary alicyclic amines) is 1. The zero-order chi connectivity index (χ0) is 20.9. The molecule has 156 valence electrons. The number of halogens is 1. The minimum absolute atomic E-state index is 0.0699. The fraction of sp³-hybridized carbons (Fsp3) is 0.333. The molecule has 0 atom stereocenters. The van der Waals surface area contributed by atoms with Crippen molar-refractivity contribution in [3.05, 3.63) is 59.9 Å². The molecule has 0 saturated carbocycles. The first-order valence-corrected chi connectivity index (χ1v) is 10.5. The largest absolute Gasteiger partial charge is 0.356 e. The first-order valence-electron chi connectivity index (χ1n) is 10.5. The van der Waals surface area contributed by atoms with Gasteiger partial charge in [0.2, 0.25) is 11.8 Å². The van der Waals surface area contributed by atoms with Crippen LogP contribution in [-0.2, 0) is 16.0 Å². The smallest absolute Gasteiger partial charge is 0.224 e. The molecule has 3 aromatic rings. The van der Waals surface area contributed by atoms with E-state index in [0.29, 0.717) is 25.8 Å². The SMILES string of the molecule is O=C(CCc1c(-c2ccc(F)cc2)[nH]c2ccccc12)NCCC(=O)N1CCCC1. The highest BCUT2D eigenvalue weighted by Crippen LogP contribution is 2.31. The van der Waals surface area contributed by atoms with E-state index >= 15 is 0 Å². The molecule has 0 radical (unpaired) electrons. The molecule has 0 aliphatic carbocycles. The number of rotatable bonds is 7. The van der Waals surface area contributed by atoms with Gasteiger partial charge in [0.25, 0.3) is 0 Å². The van der Waals surface area contributed by atoms with E-state index in [-0.39, 0.29) is 17.6 Å². The Balaban J connectivity index is 1.40. The maximum atomic E-state index is 13.3. The minimum atomic E-state index is -0.278. The van der Waals surface area contributed by atoms with Crippen molar-refractivity contribution in [2.75, 3.05) is 19.6 Å². The molecule has 1 aliphatic heterocycles. The van der Waals surface area contributed by atoms with Crippen LogP contribution < -0.4 is 5.32 Å². The van der Waals surface area contributed by atoms with E-state index in [4.69, 9.17) is 0 Å². The van der Waals surface area contributed by atoms with Gasteiger partial charge < -0.3 is 15.2 Å². The molecule has 1 fully saturated rings. The van der Waals surface area contributed by atoms with Crippen LogP contribution in [0.15, 0.2) is 48.5 Å². The number of carbonyl (C=O) groups excluding carboxylic acids is 2. The van der Waals surface area contributed by atoms with E-state index in [1.54, 1.807) is 12.1 Å². The molecule has 4 rings (SSSR count). The zero-order valence-electron chi connectivity index (χ0n) is 16.9. The van der Waals surface area contributed by atoms with Crippen LogP contribution in [0.2, 0.25) is 0 Å². The summed E-state index contributed by atoms with van der Waals surface area (Å²) in [6.45, 7) is 2.03. The summed E-state index contributed by atoms with van der Waals surface area (Å²) in [5.41, 5.74) is 3.83. The summed E-state index contributed by atoms with van der Waals surface area (Å²) in [5.74, 6) is -0.234. The highest BCUT2D eigenvalue weighted by molar-refractivity contribution is 5.91. The maximum absolute atomic E-state index is 13.3. The van der Waals surface area contributed by atoms with Crippen molar-refractivity contribution in [3.63, 3.8) is 0 Å². The lowest BCUT2D eigenvalue weighted by molar-refractivity contribution is -0.130. The molecule has 0 bridgehead atoms. The topological polar surface area (TPSA) is 65.2 Å². The summed E-state index contributed by atoms with van der Waals surface area (Å²) in [6.07, 6.45) is 3.37. The van der Waals surface area contributed by atoms with E-state index in [1.807, 2.05) is 29.2 Å². The number of aromatic amines is 1. The summed E-state index contributed by atoms with van der Waals surface area (Å²) in [6, 6.07) is 14.3. The van der Waals surface area contributed by atoms with Crippen LogP contribution in [0.3, 0.4) is 0 Å². The van der Waals surface area contributed by atoms with E-state index < -0.39 is 0 Å². The van der Waals surface area contributed by atoms with Gasteiger partial charge in [0.05, 0.1) is 0 Å². The van der Waals surface area contributed by atoms with Crippen molar-refractivity contribution >= 4 is 22.7 Å². The third-order valence-electron chi connectivity index (χ3n) is 5.67. The summed E-state index contributed by atoms with van der Waals surface area (Å²) in [4.78, 5) is 29.7. The van der Waals surface area contributed by atoms with Crippen molar-refractivity contribution in [1.82, 2.24) is 15.2 Å². The molecular weight excluding hydrogens is 381 g/mol. The van der Waals surface area contributed by atoms with Gasteiger partial charge in [-0.05, 0) is 60.7 Å². The average molecular weight is 407 g/mol. The van der Waals surface area contributed by atoms with Gasteiger partial charge >= 0.3 is 0 Å². The van der Waals surface area contributed by atoms with E-state index in [2.05, 4.69) is 10.3 Å². The Morgan fingerprint density at radius 2 is 1.73 bits per heavy atom. The number of carbonyl (C=O) groups is 2. The van der Waals surface area contributed by atoms with Gasteiger partial charge in [0, 0.05) is 49.1 Å². The molecule has 2 amide bonds. The van der Waals surface area contributed by atoms with Gasteiger partial charge in [-0.15, -0.1) is 0 Å². The Hall–Kier alpha value is -3.15. The molecule has 2 aromatic carbocycles. The molecule has 2 N–H and O–H groups in total. The second-order valence-corrected chi connectivity index (χ2v) is 7.72. The third kappa shape index (κ3) is 4.53. The van der Waals surface area contributed by atoms with Crippen LogP contribution in [0.5, 0.6) is 0 Å².